The zero-order chi connectivity index (χ0) is 22.8. The summed E-state index contributed by atoms with van der Waals surface area (Å²) in [6, 6.07) is 6.06. The molecule has 2 aliphatic rings. The fourth-order valence-corrected chi connectivity index (χ4v) is 5.76. The third-order valence-electron chi connectivity index (χ3n) is 4.94. The smallest absolute Gasteiger partial charge is 0.280 e. The Kier molecular flexibility index (Phi) is 5.22. The van der Waals surface area contributed by atoms with Crippen LogP contribution in [0.4, 0.5) is 5.95 Å². The first-order valence-corrected chi connectivity index (χ1v) is 12.1. The average molecular weight is 503 g/mol. The molecule has 2 fully saturated rings. The van der Waals surface area contributed by atoms with Gasteiger partial charge in [0.05, 0.1) is 6.61 Å². The largest absolute Gasteiger partial charge is 0.756 e. The first-order chi connectivity index (χ1) is 15.1. The van der Waals surface area contributed by atoms with Gasteiger partial charge >= 0.3 is 0 Å². The van der Waals surface area contributed by atoms with Gasteiger partial charge in [0.2, 0.25) is 11.1 Å². The molecule has 5 rings (SSSR count). The van der Waals surface area contributed by atoms with Crippen molar-refractivity contribution in [3.63, 3.8) is 0 Å². The van der Waals surface area contributed by atoms with Crippen LogP contribution in [0.2, 0.25) is 5.02 Å². The molecule has 2 saturated heterocycles. The van der Waals surface area contributed by atoms with Gasteiger partial charge in [-0.05, 0) is 24.3 Å². The monoisotopic (exact) mass is 502 g/mol. The average Bonchev–Trinajstić information content (AvgIpc) is 3.25. The molecule has 2 aliphatic heterocycles. The molecule has 13 nitrogen and oxygen atoms in total. The van der Waals surface area contributed by atoms with E-state index in [0.29, 0.717) is 9.92 Å². The molecular weight excluding hydrogens is 489 g/mol. The zero-order valence-electron chi connectivity index (χ0n) is 15.8. The highest BCUT2D eigenvalue weighted by atomic mass is 35.5. The van der Waals surface area contributed by atoms with Crippen LogP contribution in [0.25, 0.3) is 11.2 Å². The second kappa shape index (κ2) is 7.71. The molecule has 0 saturated carbocycles. The van der Waals surface area contributed by atoms with E-state index in [2.05, 4.69) is 19.5 Å². The van der Waals surface area contributed by atoms with Crippen LogP contribution in [0, 0.1) is 0 Å². The van der Waals surface area contributed by atoms with Crippen molar-refractivity contribution in [3.05, 3.63) is 39.6 Å². The summed E-state index contributed by atoms with van der Waals surface area (Å²) in [4.78, 5) is 34.9. The number of hydrogen-bond acceptors (Lipinski definition) is 11. The summed E-state index contributed by atoms with van der Waals surface area (Å²) < 4.78 is 41.4. The number of H-pyrrole nitrogens is 1. The van der Waals surface area contributed by atoms with Gasteiger partial charge in [-0.2, -0.15) is 4.98 Å². The van der Waals surface area contributed by atoms with E-state index in [-0.39, 0.29) is 22.3 Å². The Bertz CT molecular complexity index is 1350. The lowest BCUT2D eigenvalue weighted by Crippen LogP contribution is -2.41. The SMILES string of the molecule is Nc1nc2c(nc(S(=O)c3ccc(Cl)cc3)n2[C@@H]2OC3COP(=O)([O-])O[C@H]3C2O)c(=O)[nH]1. The summed E-state index contributed by atoms with van der Waals surface area (Å²) in [5.74, 6) is -0.249. The number of aromatic amines is 1. The maximum Gasteiger partial charge on any atom is 0.280 e. The Morgan fingerprint density at radius 1 is 1.34 bits per heavy atom. The standard InChI is InChI=1S/C16H15ClN5O8PS/c17-6-1-3-7(4-2-6)32(27)16-19-9-12(20-15(18)21-13(9)24)22(16)14-10(23)11-8(29-14)5-28-31(25,26)30-11/h1-4,8,10-11,14,23H,5H2,(H,25,26)(H3,18,20,21,24)/p-1/t8?,10?,11-,14-,32?/m1/s1. The van der Waals surface area contributed by atoms with Gasteiger partial charge in [-0.3, -0.25) is 18.9 Å². The molecular formula is C16H14ClN5O8PS-. The number of imidazole rings is 1. The highest BCUT2D eigenvalue weighted by molar-refractivity contribution is 7.85. The number of hydrogen-bond donors (Lipinski definition) is 3. The number of anilines is 1. The zero-order valence-corrected chi connectivity index (χ0v) is 18.3. The summed E-state index contributed by atoms with van der Waals surface area (Å²) in [7, 11) is -6.59. The van der Waals surface area contributed by atoms with E-state index in [0.717, 1.165) is 4.57 Å². The van der Waals surface area contributed by atoms with E-state index >= 15 is 0 Å². The van der Waals surface area contributed by atoms with Gasteiger partial charge < -0.3 is 29.5 Å². The minimum atomic E-state index is -4.62. The third-order valence-corrected chi connectivity index (χ3v) is 7.48. The molecule has 4 N–H and O–H groups in total. The summed E-state index contributed by atoms with van der Waals surface area (Å²) in [6.45, 7) is -0.391. The fraction of sp³-hybridized carbons (Fsp3) is 0.312. The Hall–Kier alpha value is -2.16. The number of benzene rings is 1. The summed E-state index contributed by atoms with van der Waals surface area (Å²) in [5, 5.41) is 11.1. The van der Waals surface area contributed by atoms with Gasteiger partial charge in [0, 0.05) is 9.92 Å². The maximum absolute atomic E-state index is 13.4. The second-order valence-electron chi connectivity index (χ2n) is 6.98. The number of nitrogens with two attached hydrogens (primary N) is 1. The normalized spacial score (nSPS) is 31.0. The number of rotatable bonds is 3. The quantitative estimate of drug-likeness (QED) is 0.396. The Morgan fingerprint density at radius 2 is 2.06 bits per heavy atom. The Balaban J connectivity index is 1.67. The number of fused-ring (bicyclic) bond motifs is 2. The van der Waals surface area contributed by atoms with Gasteiger partial charge in [-0.15, -0.1) is 0 Å². The number of nitrogens with one attached hydrogen (secondary N) is 1. The summed E-state index contributed by atoms with van der Waals surface area (Å²) in [6.07, 6.45) is -5.14. The van der Waals surface area contributed by atoms with Gasteiger partial charge in [0.25, 0.3) is 13.4 Å². The number of aliphatic hydroxyl groups excluding tert-OH is 1. The van der Waals surface area contributed by atoms with Crippen molar-refractivity contribution in [2.24, 2.45) is 0 Å². The van der Waals surface area contributed by atoms with Crippen molar-refractivity contribution in [1.82, 2.24) is 19.5 Å². The number of aliphatic hydroxyl groups is 1. The Labute approximate surface area is 186 Å². The van der Waals surface area contributed by atoms with Crippen LogP contribution in [0.15, 0.2) is 39.1 Å². The van der Waals surface area contributed by atoms with Gasteiger partial charge in [0.1, 0.15) is 29.1 Å². The molecule has 170 valence electrons. The number of halogens is 1. The number of nitrogen functional groups attached to an aromatic ring is 1. The van der Waals surface area contributed by atoms with Crippen molar-refractivity contribution >= 4 is 47.3 Å². The van der Waals surface area contributed by atoms with Gasteiger partial charge in [0.15, 0.2) is 17.4 Å². The predicted octanol–water partition coefficient (Wildman–Crippen LogP) is -0.336. The second-order valence-corrected chi connectivity index (χ2v) is 10.2. The van der Waals surface area contributed by atoms with E-state index in [9.17, 15) is 23.6 Å². The van der Waals surface area contributed by atoms with Crippen LogP contribution < -0.4 is 16.2 Å². The van der Waals surface area contributed by atoms with Crippen molar-refractivity contribution in [1.29, 1.82) is 0 Å². The van der Waals surface area contributed by atoms with Crippen LogP contribution in [0.1, 0.15) is 6.23 Å². The van der Waals surface area contributed by atoms with Crippen molar-refractivity contribution in [3.8, 4) is 0 Å². The minimum absolute atomic E-state index is 0.113. The number of nitrogens with zero attached hydrogens (tertiary/aromatic N) is 3. The first-order valence-electron chi connectivity index (χ1n) is 9.07. The topological polar surface area (TPSA) is 195 Å². The molecule has 0 spiro atoms. The highest BCUT2D eigenvalue weighted by Crippen LogP contribution is 2.50. The molecule has 2 aromatic heterocycles. The molecule has 16 heteroatoms. The first kappa shape index (κ1) is 21.7. The maximum atomic E-state index is 13.4. The van der Waals surface area contributed by atoms with Crippen LogP contribution in [-0.4, -0.2) is 53.8 Å². The van der Waals surface area contributed by atoms with E-state index in [1.165, 1.54) is 24.3 Å². The lowest BCUT2D eigenvalue weighted by Gasteiger charge is -2.34. The van der Waals surface area contributed by atoms with Crippen LogP contribution in [-0.2, 0) is 29.1 Å². The summed E-state index contributed by atoms with van der Waals surface area (Å²) >= 11 is 5.90. The molecule has 4 heterocycles. The van der Waals surface area contributed by atoms with Crippen LogP contribution >= 0.6 is 19.4 Å². The molecule has 4 unspecified atom stereocenters. The van der Waals surface area contributed by atoms with Gasteiger partial charge in [-0.25, -0.2) is 9.19 Å². The minimum Gasteiger partial charge on any atom is -0.756 e. The molecule has 0 radical (unpaired) electrons. The van der Waals surface area contributed by atoms with Crippen LogP contribution in [0.3, 0.4) is 0 Å². The molecule has 1 aromatic carbocycles. The molecule has 0 aliphatic carbocycles. The van der Waals surface area contributed by atoms with E-state index < -0.39 is 55.3 Å². The number of phosphoric acid groups is 1. The van der Waals surface area contributed by atoms with Crippen molar-refractivity contribution < 1.29 is 32.6 Å². The van der Waals surface area contributed by atoms with Gasteiger partial charge in [-0.1, -0.05) is 11.6 Å². The molecule has 3 aromatic rings. The lowest BCUT2D eigenvalue weighted by atomic mass is 10.1. The van der Waals surface area contributed by atoms with Crippen LogP contribution in [0.5, 0.6) is 0 Å². The molecule has 6 atom stereocenters. The lowest BCUT2D eigenvalue weighted by molar-refractivity contribution is -0.245. The number of aromatic nitrogens is 4. The number of phosphoric ester groups is 1. The van der Waals surface area contributed by atoms with E-state index in [1.807, 2.05) is 0 Å². The van der Waals surface area contributed by atoms with E-state index in [1.54, 1.807) is 0 Å². The highest BCUT2D eigenvalue weighted by Gasteiger charge is 2.51. The fourth-order valence-electron chi connectivity index (χ4n) is 3.55. The van der Waals surface area contributed by atoms with E-state index in [4.69, 9.17) is 26.6 Å². The molecule has 0 amide bonds. The number of ether oxygens (including phenoxy) is 1. The van der Waals surface area contributed by atoms with Crippen molar-refractivity contribution in [2.45, 2.75) is 34.6 Å². The third kappa shape index (κ3) is 3.58. The van der Waals surface area contributed by atoms with Crippen molar-refractivity contribution in [2.75, 3.05) is 12.3 Å². The Morgan fingerprint density at radius 3 is 2.78 bits per heavy atom. The molecule has 32 heavy (non-hydrogen) atoms. The summed E-state index contributed by atoms with van der Waals surface area (Å²) in [5.41, 5.74) is 4.65. The molecule has 0 bridgehead atoms. The predicted molar refractivity (Wildman–Crippen MR) is 107 cm³/mol.